The van der Waals surface area contributed by atoms with E-state index in [-0.39, 0.29) is 5.91 Å². The van der Waals surface area contributed by atoms with E-state index in [1.807, 2.05) is 29.2 Å². The number of carbonyl (C=O) groups excluding carboxylic acids is 1. The van der Waals surface area contributed by atoms with Gasteiger partial charge in [-0.1, -0.05) is 6.07 Å². The number of amides is 1. The van der Waals surface area contributed by atoms with Crippen LogP contribution in [0.5, 0.6) is 0 Å². The summed E-state index contributed by atoms with van der Waals surface area (Å²) < 4.78 is 6.00. The largest absolute Gasteiger partial charge is 0.467 e. The predicted molar refractivity (Wildman–Crippen MR) is 73.5 cm³/mol. The molecule has 3 rings (SSSR count). The molecule has 1 amide bonds. The number of rotatable bonds is 4. The lowest BCUT2D eigenvalue weighted by molar-refractivity contribution is 0.0711. The van der Waals surface area contributed by atoms with Crippen LogP contribution in [0.1, 0.15) is 29.1 Å². The van der Waals surface area contributed by atoms with E-state index in [9.17, 15) is 4.79 Å². The van der Waals surface area contributed by atoms with E-state index in [0.29, 0.717) is 22.9 Å². The third-order valence-electron chi connectivity index (χ3n) is 3.09. The molecule has 0 saturated heterocycles. The van der Waals surface area contributed by atoms with Gasteiger partial charge in [0.15, 0.2) is 0 Å². The minimum absolute atomic E-state index is 0.0415. The summed E-state index contributed by atoms with van der Waals surface area (Å²) in [6.07, 6.45) is 3.74. The van der Waals surface area contributed by atoms with Gasteiger partial charge in [-0.2, -0.15) is 0 Å². The Hall–Kier alpha value is -1.62. The van der Waals surface area contributed by atoms with Crippen molar-refractivity contribution in [3.8, 4) is 0 Å². The second-order valence-electron chi connectivity index (χ2n) is 4.59. The van der Waals surface area contributed by atoms with Crippen molar-refractivity contribution in [2.75, 3.05) is 0 Å². The second kappa shape index (κ2) is 5.17. The van der Waals surface area contributed by atoms with E-state index in [0.717, 1.165) is 18.6 Å². The summed E-state index contributed by atoms with van der Waals surface area (Å²) in [5, 5.41) is 0. The molecule has 0 atom stereocenters. The lowest BCUT2D eigenvalue weighted by Crippen LogP contribution is -2.33. The Bertz CT molecular complexity index is 579. The smallest absolute Gasteiger partial charge is 0.273 e. The van der Waals surface area contributed by atoms with Crippen molar-refractivity contribution in [1.29, 1.82) is 0 Å². The lowest BCUT2D eigenvalue weighted by Gasteiger charge is -2.20. The molecule has 98 valence electrons. The maximum Gasteiger partial charge on any atom is 0.273 e. The average molecular weight is 321 g/mol. The van der Waals surface area contributed by atoms with Crippen molar-refractivity contribution >= 4 is 21.8 Å². The summed E-state index contributed by atoms with van der Waals surface area (Å²) in [6.45, 7) is 0.505. The Morgan fingerprint density at radius 1 is 1.37 bits per heavy atom. The van der Waals surface area contributed by atoms with E-state index < -0.39 is 0 Å². The number of halogens is 1. The van der Waals surface area contributed by atoms with Gasteiger partial charge in [-0.15, -0.1) is 0 Å². The number of nitrogens with zero attached hydrogens (tertiary/aromatic N) is 2. The van der Waals surface area contributed by atoms with Crippen LogP contribution in [0.3, 0.4) is 0 Å². The monoisotopic (exact) mass is 320 g/mol. The van der Waals surface area contributed by atoms with Crippen LogP contribution in [0, 0.1) is 0 Å². The maximum atomic E-state index is 12.5. The topological polar surface area (TPSA) is 46.3 Å². The SMILES string of the molecule is O=C(c1cccc(Br)n1)N(Cc1ccco1)C1CC1. The van der Waals surface area contributed by atoms with Crippen molar-refractivity contribution < 1.29 is 9.21 Å². The standard InChI is InChI=1S/C14H13BrN2O2/c15-13-5-1-4-12(16-13)14(18)17(10-6-7-10)9-11-3-2-8-19-11/h1-5,8,10H,6-7,9H2. The summed E-state index contributed by atoms with van der Waals surface area (Å²) in [5.74, 6) is 0.760. The van der Waals surface area contributed by atoms with Crippen molar-refractivity contribution in [3.05, 3.63) is 52.7 Å². The van der Waals surface area contributed by atoms with Gasteiger partial charge in [-0.25, -0.2) is 4.98 Å². The first-order chi connectivity index (χ1) is 9.24. The van der Waals surface area contributed by atoms with Crippen LogP contribution in [0.25, 0.3) is 0 Å². The zero-order valence-corrected chi connectivity index (χ0v) is 11.8. The molecule has 1 fully saturated rings. The van der Waals surface area contributed by atoms with Gasteiger partial charge < -0.3 is 9.32 Å². The number of aromatic nitrogens is 1. The van der Waals surface area contributed by atoms with E-state index in [1.165, 1.54) is 0 Å². The number of furan rings is 1. The van der Waals surface area contributed by atoms with Gasteiger partial charge in [0.1, 0.15) is 16.1 Å². The van der Waals surface area contributed by atoms with Crippen molar-refractivity contribution in [2.24, 2.45) is 0 Å². The van der Waals surface area contributed by atoms with Crippen LogP contribution in [-0.4, -0.2) is 21.8 Å². The highest BCUT2D eigenvalue weighted by Crippen LogP contribution is 2.29. The molecular formula is C14H13BrN2O2. The highest BCUT2D eigenvalue weighted by atomic mass is 79.9. The Balaban J connectivity index is 1.82. The third kappa shape index (κ3) is 2.87. The van der Waals surface area contributed by atoms with E-state index in [1.54, 1.807) is 12.3 Å². The summed E-state index contributed by atoms with van der Waals surface area (Å²) in [5.41, 5.74) is 0.466. The van der Waals surface area contributed by atoms with Crippen LogP contribution in [-0.2, 0) is 6.54 Å². The van der Waals surface area contributed by atoms with Crippen LogP contribution in [0.2, 0.25) is 0 Å². The number of pyridine rings is 1. The third-order valence-corrected chi connectivity index (χ3v) is 3.53. The molecule has 0 N–H and O–H groups in total. The molecule has 1 saturated carbocycles. The minimum Gasteiger partial charge on any atom is -0.467 e. The van der Waals surface area contributed by atoms with E-state index in [4.69, 9.17) is 4.42 Å². The van der Waals surface area contributed by atoms with Crippen LogP contribution in [0.15, 0.2) is 45.6 Å². The van der Waals surface area contributed by atoms with Gasteiger partial charge in [0.2, 0.25) is 0 Å². The quantitative estimate of drug-likeness (QED) is 0.812. The van der Waals surface area contributed by atoms with E-state index in [2.05, 4.69) is 20.9 Å². The molecule has 2 heterocycles. The molecule has 4 nitrogen and oxygen atoms in total. The molecule has 1 aliphatic rings. The second-order valence-corrected chi connectivity index (χ2v) is 5.40. The summed E-state index contributed by atoms with van der Waals surface area (Å²) in [4.78, 5) is 18.6. The zero-order valence-electron chi connectivity index (χ0n) is 10.3. The van der Waals surface area contributed by atoms with E-state index >= 15 is 0 Å². The molecule has 0 bridgehead atoms. The Morgan fingerprint density at radius 2 is 2.21 bits per heavy atom. The van der Waals surface area contributed by atoms with Crippen molar-refractivity contribution in [2.45, 2.75) is 25.4 Å². The summed E-state index contributed by atoms with van der Waals surface area (Å²) >= 11 is 3.29. The summed E-state index contributed by atoms with van der Waals surface area (Å²) in [6, 6.07) is 9.41. The maximum absolute atomic E-state index is 12.5. The van der Waals surface area contributed by atoms with Gasteiger partial charge in [0.25, 0.3) is 5.91 Å². The van der Waals surface area contributed by atoms with Crippen LogP contribution in [0.4, 0.5) is 0 Å². The summed E-state index contributed by atoms with van der Waals surface area (Å²) in [7, 11) is 0. The lowest BCUT2D eigenvalue weighted by atomic mass is 10.3. The molecule has 0 unspecified atom stereocenters. The fraction of sp³-hybridized carbons (Fsp3) is 0.286. The Labute approximate surface area is 119 Å². The molecule has 2 aromatic heterocycles. The minimum atomic E-state index is -0.0415. The van der Waals surface area contributed by atoms with Crippen LogP contribution < -0.4 is 0 Å². The molecule has 0 spiro atoms. The molecule has 0 aromatic carbocycles. The first-order valence-electron chi connectivity index (χ1n) is 6.20. The Morgan fingerprint density at radius 3 is 2.84 bits per heavy atom. The molecular weight excluding hydrogens is 308 g/mol. The van der Waals surface area contributed by atoms with Crippen molar-refractivity contribution in [1.82, 2.24) is 9.88 Å². The van der Waals surface area contributed by atoms with Gasteiger partial charge in [-0.05, 0) is 53.0 Å². The molecule has 0 radical (unpaired) electrons. The molecule has 2 aromatic rings. The number of hydrogen-bond acceptors (Lipinski definition) is 3. The average Bonchev–Trinajstić information content (AvgIpc) is 3.12. The Kier molecular flexibility index (Phi) is 3.38. The molecule has 1 aliphatic carbocycles. The zero-order chi connectivity index (χ0) is 13.2. The predicted octanol–water partition coefficient (Wildman–Crippen LogP) is 3.24. The first kappa shape index (κ1) is 12.4. The van der Waals surface area contributed by atoms with Crippen LogP contribution >= 0.6 is 15.9 Å². The fourth-order valence-corrected chi connectivity index (χ4v) is 2.34. The highest BCUT2D eigenvalue weighted by Gasteiger charge is 2.34. The molecule has 19 heavy (non-hydrogen) atoms. The molecule has 0 aliphatic heterocycles. The normalized spacial score (nSPS) is 14.4. The van der Waals surface area contributed by atoms with Gasteiger partial charge in [0, 0.05) is 6.04 Å². The fourth-order valence-electron chi connectivity index (χ4n) is 2.00. The number of hydrogen-bond donors (Lipinski definition) is 0. The highest BCUT2D eigenvalue weighted by molar-refractivity contribution is 9.10. The van der Waals surface area contributed by atoms with Gasteiger partial charge in [0.05, 0.1) is 12.8 Å². The molecule has 5 heteroatoms. The van der Waals surface area contributed by atoms with Crippen molar-refractivity contribution in [3.63, 3.8) is 0 Å². The van der Waals surface area contributed by atoms with Gasteiger partial charge in [-0.3, -0.25) is 4.79 Å². The number of carbonyl (C=O) groups is 1. The van der Waals surface area contributed by atoms with Gasteiger partial charge >= 0.3 is 0 Å². The first-order valence-corrected chi connectivity index (χ1v) is 6.99.